The Hall–Kier alpha value is -1.10. The molecule has 0 radical (unpaired) electrons. The molecule has 2 rings (SSSR count). The first kappa shape index (κ1) is 9.45. The van der Waals surface area contributed by atoms with E-state index in [2.05, 4.69) is 0 Å². The number of hydrogen-bond acceptors (Lipinski definition) is 3. The van der Waals surface area contributed by atoms with Gasteiger partial charge in [-0.2, -0.15) is 0 Å². The first-order chi connectivity index (χ1) is 6.61. The van der Waals surface area contributed by atoms with Crippen LogP contribution in [0.4, 0.5) is 0 Å². The van der Waals surface area contributed by atoms with Crippen LogP contribution >= 0.6 is 0 Å². The molecule has 1 amide bonds. The minimum absolute atomic E-state index is 0.0700. The number of rotatable bonds is 3. The normalized spacial score (nSPS) is 25.5. The van der Waals surface area contributed by atoms with E-state index in [1.54, 1.807) is 16.9 Å². The smallest absolute Gasteiger partial charge is 0.322 e. The van der Waals surface area contributed by atoms with Gasteiger partial charge in [0.15, 0.2) is 0 Å². The highest BCUT2D eigenvalue weighted by Gasteiger charge is 2.43. The highest BCUT2D eigenvalue weighted by molar-refractivity contribution is 5.80. The summed E-state index contributed by atoms with van der Waals surface area (Å²) in [7, 11) is 0. The van der Waals surface area contributed by atoms with Gasteiger partial charge in [0.05, 0.1) is 0 Å². The number of hydrazine groups is 1. The summed E-state index contributed by atoms with van der Waals surface area (Å²) in [5.41, 5.74) is 0. The van der Waals surface area contributed by atoms with Gasteiger partial charge in [-0.15, -0.1) is 0 Å². The van der Waals surface area contributed by atoms with Gasteiger partial charge < -0.3 is 5.11 Å². The Morgan fingerprint density at radius 3 is 2.71 bits per heavy atom. The highest BCUT2D eigenvalue weighted by Crippen LogP contribution is 2.32. The van der Waals surface area contributed by atoms with Crippen LogP contribution in [0, 0.1) is 0 Å². The maximum Gasteiger partial charge on any atom is 0.322 e. The summed E-state index contributed by atoms with van der Waals surface area (Å²) in [6, 6.07) is -0.325. The number of carboxylic acid groups (broad SMARTS) is 1. The monoisotopic (exact) mass is 198 g/mol. The molecule has 5 nitrogen and oxygen atoms in total. The first-order valence-electron chi connectivity index (χ1n) is 4.92. The summed E-state index contributed by atoms with van der Waals surface area (Å²) >= 11 is 0. The molecule has 1 heterocycles. The lowest BCUT2D eigenvalue weighted by Crippen LogP contribution is -2.48. The van der Waals surface area contributed by atoms with Crippen molar-refractivity contribution in [1.82, 2.24) is 10.0 Å². The van der Waals surface area contributed by atoms with Crippen LogP contribution in [0.15, 0.2) is 0 Å². The average molecular weight is 198 g/mol. The summed E-state index contributed by atoms with van der Waals surface area (Å²) in [4.78, 5) is 22.3. The maximum absolute atomic E-state index is 11.5. The van der Waals surface area contributed by atoms with Gasteiger partial charge in [-0.1, -0.05) is 0 Å². The molecule has 0 aromatic rings. The number of hydrogen-bond donors (Lipinski definition) is 1. The molecule has 2 fully saturated rings. The Labute approximate surface area is 82.3 Å². The third-order valence-corrected chi connectivity index (χ3v) is 2.78. The van der Waals surface area contributed by atoms with E-state index in [4.69, 9.17) is 5.11 Å². The second-order valence-electron chi connectivity index (χ2n) is 3.90. The van der Waals surface area contributed by atoms with Crippen molar-refractivity contribution in [3.8, 4) is 0 Å². The van der Waals surface area contributed by atoms with Crippen molar-refractivity contribution in [3.05, 3.63) is 0 Å². The topological polar surface area (TPSA) is 60.9 Å². The Morgan fingerprint density at radius 1 is 1.57 bits per heavy atom. The molecule has 1 aliphatic heterocycles. The Kier molecular flexibility index (Phi) is 2.19. The number of carbonyl (C=O) groups is 2. The van der Waals surface area contributed by atoms with Crippen LogP contribution in [0.3, 0.4) is 0 Å². The summed E-state index contributed by atoms with van der Waals surface area (Å²) in [5, 5.41) is 12.2. The van der Waals surface area contributed by atoms with Crippen LogP contribution in [0.25, 0.3) is 0 Å². The van der Waals surface area contributed by atoms with E-state index in [0.29, 0.717) is 13.0 Å². The fraction of sp³-hybridized carbons (Fsp3) is 0.778. The van der Waals surface area contributed by atoms with E-state index in [9.17, 15) is 9.59 Å². The standard InChI is InChI=1S/C9H14N2O3/c1-6(9(13)14)10-5-4-8(12)11(10)7-2-3-7/h6-7H,2-5H2,1H3,(H,13,14). The first-order valence-corrected chi connectivity index (χ1v) is 4.92. The van der Waals surface area contributed by atoms with Gasteiger partial charge in [0.2, 0.25) is 5.91 Å². The van der Waals surface area contributed by atoms with E-state index >= 15 is 0 Å². The summed E-state index contributed by atoms with van der Waals surface area (Å²) in [6.07, 6.45) is 2.47. The molecule has 0 aromatic carbocycles. The van der Waals surface area contributed by atoms with E-state index in [1.165, 1.54) is 0 Å². The molecular formula is C9H14N2O3. The minimum Gasteiger partial charge on any atom is -0.480 e. The molecule has 1 saturated heterocycles. The Bertz CT molecular complexity index is 275. The zero-order chi connectivity index (χ0) is 10.3. The van der Waals surface area contributed by atoms with Crippen molar-refractivity contribution in [2.45, 2.75) is 38.3 Å². The van der Waals surface area contributed by atoms with E-state index in [-0.39, 0.29) is 11.9 Å². The molecule has 0 aromatic heterocycles. The summed E-state index contributed by atoms with van der Waals surface area (Å²) < 4.78 is 0. The predicted octanol–water partition coefficient (Wildman–Crippen LogP) is 0.0712. The third kappa shape index (κ3) is 1.48. The summed E-state index contributed by atoms with van der Waals surface area (Å²) in [6.45, 7) is 2.17. The van der Waals surface area contributed by atoms with E-state index in [1.807, 2.05) is 0 Å². The largest absolute Gasteiger partial charge is 0.480 e. The zero-order valence-electron chi connectivity index (χ0n) is 8.14. The van der Waals surface area contributed by atoms with Crippen LogP contribution in [-0.4, -0.2) is 45.6 Å². The molecular weight excluding hydrogens is 184 g/mol. The second kappa shape index (κ2) is 3.24. The number of carbonyl (C=O) groups excluding carboxylic acids is 1. The van der Waals surface area contributed by atoms with Gasteiger partial charge in [0.25, 0.3) is 0 Å². The van der Waals surface area contributed by atoms with Crippen molar-refractivity contribution in [2.24, 2.45) is 0 Å². The van der Waals surface area contributed by atoms with Gasteiger partial charge in [-0.3, -0.25) is 14.6 Å². The quantitative estimate of drug-likeness (QED) is 0.697. The van der Waals surface area contributed by atoms with Crippen LogP contribution in [0.2, 0.25) is 0 Å². The van der Waals surface area contributed by atoms with Gasteiger partial charge in [-0.05, 0) is 19.8 Å². The predicted molar refractivity (Wildman–Crippen MR) is 48.3 cm³/mol. The van der Waals surface area contributed by atoms with Crippen molar-refractivity contribution < 1.29 is 14.7 Å². The molecule has 0 bridgehead atoms. The van der Waals surface area contributed by atoms with Crippen LogP contribution in [-0.2, 0) is 9.59 Å². The van der Waals surface area contributed by atoms with Gasteiger partial charge in [0.1, 0.15) is 6.04 Å². The fourth-order valence-electron chi connectivity index (χ4n) is 1.82. The number of amides is 1. The van der Waals surface area contributed by atoms with Crippen molar-refractivity contribution in [1.29, 1.82) is 0 Å². The molecule has 14 heavy (non-hydrogen) atoms. The lowest BCUT2D eigenvalue weighted by molar-refractivity contribution is -0.155. The number of nitrogens with zero attached hydrogens (tertiary/aromatic N) is 2. The van der Waals surface area contributed by atoms with Gasteiger partial charge in [-0.25, -0.2) is 5.01 Å². The fourth-order valence-corrected chi connectivity index (χ4v) is 1.82. The zero-order valence-corrected chi connectivity index (χ0v) is 8.14. The maximum atomic E-state index is 11.5. The highest BCUT2D eigenvalue weighted by atomic mass is 16.4. The molecule has 1 N–H and O–H groups in total. The third-order valence-electron chi connectivity index (χ3n) is 2.78. The number of aliphatic carboxylic acids is 1. The Morgan fingerprint density at radius 2 is 2.21 bits per heavy atom. The molecule has 78 valence electrons. The molecule has 1 unspecified atom stereocenters. The average Bonchev–Trinajstić information content (AvgIpc) is 2.89. The van der Waals surface area contributed by atoms with E-state index in [0.717, 1.165) is 12.8 Å². The number of carboxylic acids is 1. The molecule has 2 aliphatic rings. The molecule has 1 atom stereocenters. The Balaban J connectivity index is 2.10. The van der Waals surface area contributed by atoms with Gasteiger partial charge in [0, 0.05) is 19.0 Å². The second-order valence-corrected chi connectivity index (χ2v) is 3.90. The van der Waals surface area contributed by atoms with Crippen LogP contribution in [0.1, 0.15) is 26.2 Å². The van der Waals surface area contributed by atoms with Crippen molar-refractivity contribution in [3.63, 3.8) is 0 Å². The van der Waals surface area contributed by atoms with Crippen molar-refractivity contribution >= 4 is 11.9 Å². The lowest BCUT2D eigenvalue weighted by Gasteiger charge is -2.30. The SMILES string of the molecule is CC(C(=O)O)N1CCC(=O)N1C1CC1. The molecule has 0 spiro atoms. The minimum atomic E-state index is -0.870. The van der Waals surface area contributed by atoms with Gasteiger partial charge >= 0.3 is 5.97 Å². The lowest BCUT2D eigenvalue weighted by atomic mass is 10.3. The molecule has 5 heteroatoms. The summed E-state index contributed by atoms with van der Waals surface area (Å²) in [5.74, 6) is -0.800. The molecule has 1 aliphatic carbocycles. The van der Waals surface area contributed by atoms with Crippen molar-refractivity contribution in [2.75, 3.05) is 6.54 Å². The van der Waals surface area contributed by atoms with Crippen LogP contribution in [0.5, 0.6) is 0 Å². The van der Waals surface area contributed by atoms with Crippen LogP contribution < -0.4 is 0 Å². The molecule has 1 saturated carbocycles. The van der Waals surface area contributed by atoms with E-state index < -0.39 is 12.0 Å².